The molecule has 0 aliphatic carbocycles. The SMILES string of the molecule is CCCCOc1ccc(C(=O)NCCSc2c(C)[nH]c3ccccc23)cc1. The highest BCUT2D eigenvalue weighted by Crippen LogP contribution is 2.30. The number of unbranched alkanes of at least 4 members (excludes halogenated alkanes) is 1. The first-order valence-electron chi connectivity index (χ1n) is 9.40. The van der Waals surface area contributed by atoms with Gasteiger partial charge in [-0.2, -0.15) is 0 Å². The van der Waals surface area contributed by atoms with Gasteiger partial charge in [-0.3, -0.25) is 4.79 Å². The molecule has 0 unspecified atom stereocenters. The normalized spacial score (nSPS) is 10.9. The van der Waals surface area contributed by atoms with Gasteiger partial charge in [0.2, 0.25) is 0 Å². The van der Waals surface area contributed by atoms with Crippen molar-refractivity contribution in [3.63, 3.8) is 0 Å². The summed E-state index contributed by atoms with van der Waals surface area (Å²) in [6.45, 7) is 5.56. The number of hydrogen-bond donors (Lipinski definition) is 2. The largest absolute Gasteiger partial charge is 0.494 e. The number of aromatic nitrogens is 1. The number of nitrogens with one attached hydrogen (secondary N) is 2. The third kappa shape index (κ3) is 5.07. The van der Waals surface area contributed by atoms with Crippen molar-refractivity contribution < 1.29 is 9.53 Å². The fourth-order valence-electron chi connectivity index (χ4n) is 2.89. The maximum atomic E-state index is 12.3. The van der Waals surface area contributed by atoms with Crippen LogP contribution >= 0.6 is 11.8 Å². The van der Waals surface area contributed by atoms with E-state index in [0.29, 0.717) is 18.7 Å². The second-order valence-electron chi connectivity index (χ2n) is 6.46. The number of hydrogen-bond acceptors (Lipinski definition) is 3. The minimum atomic E-state index is -0.0497. The van der Waals surface area contributed by atoms with E-state index in [1.807, 2.05) is 30.3 Å². The number of para-hydroxylation sites is 1. The molecular weight excluding hydrogens is 356 g/mol. The quantitative estimate of drug-likeness (QED) is 0.396. The van der Waals surface area contributed by atoms with E-state index in [0.717, 1.165) is 29.9 Å². The Morgan fingerprint density at radius 3 is 2.70 bits per heavy atom. The standard InChI is InChI=1S/C22H26N2O2S/c1-3-4-14-26-18-11-9-17(10-12-18)22(25)23-13-15-27-21-16(2)24-20-8-6-5-7-19(20)21/h5-12,24H,3-4,13-15H2,1-2H3,(H,23,25). The monoisotopic (exact) mass is 382 g/mol. The molecule has 27 heavy (non-hydrogen) atoms. The van der Waals surface area contributed by atoms with Crippen LogP contribution in [-0.2, 0) is 0 Å². The average molecular weight is 383 g/mol. The maximum absolute atomic E-state index is 12.3. The molecule has 0 bridgehead atoms. The van der Waals surface area contributed by atoms with Crippen LogP contribution < -0.4 is 10.1 Å². The molecule has 0 saturated heterocycles. The van der Waals surface area contributed by atoms with Crippen LogP contribution in [0.3, 0.4) is 0 Å². The lowest BCUT2D eigenvalue weighted by atomic mass is 10.2. The Morgan fingerprint density at radius 1 is 1.15 bits per heavy atom. The molecule has 3 rings (SSSR count). The lowest BCUT2D eigenvalue weighted by Crippen LogP contribution is -2.25. The Bertz CT molecular complexity index is 887. The van der Waals surface area contributed by atoms with Crippen molar-refractivity contribution in [3.05, 3.63) is 59.8 Å². The first kappa shape index (κ1) is 19.4. The van der Waals surface area contributed by atoms with Gasteiger partial charge in [0.1, 0.15) is 5.75 Å². The van der Waals surface area contributed by atoms with Crippen LogP contribution in [0.1, 0.15) is 35.8 Å². The van der Waals surface area contributed by atoms with Gasteiger partial charge >= 0.3 is 0 Å². The Kier molecular flexibility index (Phi) is 6.82. The van der Waals surface area contributed by atoms with E-state index >= 15 is 0 Å². The summed E-state index contributed by atoms with van der Waals surface area (Å²) in [5, 5.41) is 4.23. The molecule has 2 N–H and O–H groups in total. The third-order valence-electron chi connectivity index (χ3n) is 4.35. The molecule has 4 nitrogen and oxygen atoms in total. The van der Waals surface area contributed by atoms with Crippen molar-refractivity contribution in [2.24, 2.45) is 0 Å². The van der Waals surface area contributed by atoms with E-state index in [1.54, 1.807) is 11.8 Å². The number of aryl methyl sites for hydroxylation is 1. The molecule has 1 heterocycles. The smallest absolute Gasteiger partial charge is 0.251 e. The number of amides is 1. The Morgan fingerprint density at radius 2 is 1.93 bits per heavy atom. The molecule has 0 saturated carbocycles. The van der Waals surface area contributed by atoms with Gasteiger partial charge in [-0.25, -0.2) is 0 Å². The number of thioether (sulfide) groups is 1. The van der Waals surface area contributed by atoms with E-state index in [1.165, 1.54) is 16.0 Å². The number of carbonyl (C=O) groups excluding carboxylic acids is 1. The average Bonchev–Trinajstić information content (AvgIpc) is 3.01. The van der Waals surface area contributed by atoms with E-state index in [-0.39, 0.29) is 5.91 Å². The number of aromatic amines is 1. The van der Waals surface area contributed by atoms with Gasteiger partial charge < -0.3 is 15.0 Å². The molecule has 0 fully saturated rings. The van der Waals surface area contributed by atoms with Crippen molar-refractivity contribution >= 4 is 28.6 Å². The molecule has 0 radical (unpaired) electrons. The summed E-state index contributed by atoms with van der Waals surface area (Å²) in [5.74, 6) is 1.59. The summed E-state index contributed by atoms with van der Waals surface area (Å²) in [7, 11) is 0. The van der Waals surface area contributed by atoms with Crippen LogP contribution in [-0.4, -0.2) is 29.8 Å². The summed E-state index contributed by atoms with van der Waals surface area (Å²) in [6, 6.07) is 15.6. The number of H-pyrrole nitrogens is 1. The fraction of sp³-hybridized carbons (Fsp3) is 0.318. The molecule has 0 aliphatic rings. The van der Waals surface area contributed by atoms with E-state index < -0.39 is 0 Å². The van der Waals surface area contributed by atoms with Crippen LogP contribution in [0.15, 0.2) is 53.4 Å². The van der Waals surface area contributed by atoms with Gasteiger partial charge in [0.25, 0.3) is 5.91 Å². The van der Waals surface area contributed by atoms with Crippen LogP contribution in [0.2, 0.25) is 0 Å². The lowest BCUT2D eigenvalue weighted by Gasteiger charge is -2.08. The number of fused-ring (bicyclic) bond motifs is 1. The molecule has 142 valence electrons. The van der Waals surface area contributed by atoms with Crippen LogP contribution in [0.25, 0.3) is 10.9 Å². The van der Waals surface area contributed by atoms with Gasteiger partial charge in [0.05, 0.1) is 6.61 Å². The molecule has 3 aromatic rings. The molecule has 1 aromatic heterocycles. The summed E-state index contributed by atoms with van der Waals surface area (Å²) in [5.41, 5.74) is 2.99. The molecule has 1 amide bonds. The van der Waals surface area contributed by atoms with Gasteiger partial charge in [0.15, 0.2) is 0 Å². The number of ether oxygens (including phenoxy) is 1. The van der Waals surface area contributed by atoms with Crippen molar-refractivity contribution in [1.29, 1.82) is 0 Å². The van der Waals surface area contributed by atoms with Crippen molar-refractivity contribution in [1.82, 2.24) is 10.3 Å². The Balaban J connectivity index is 1.47. The maximum Gasteiger partial charge on any atom is 0.251 e. The molecular formula is C22H26N2O2S. The van der Waals surface area contributed by atoms with Gasteiger partial charge in [-0.05, 0) is 43.7 Å². The summed E-state index contributed by atoms with van der Waals surface area (Å²) in [4.78, 5) is 17.0. The minimum absolute atomic E-state index is 0.0497. The van der Waals surface area contributed by atoms with Gasteiger partial charge in [-0.1, -0.05) is 31.5 Å². The summed E-state index contributed by atoms with van der Waals surface area (Å²) in [6.07, 6.45) is 2.15. The zero-order valence-electron chi connectivity index (χ0n) is 15.9. The number of rotatable bonds is 9. The zero-order valence-corrected chi connectivity index (χ0v) is 16.7. The lowest BCUT2D eigenvalue weighted by molar-refractivity contribution is 0.0956. The predicted octanol–water partition coefficient (Wildman–Crippen LogP) is 5.18. The fourth-order valence-corrected chi connectivity index (χ4v) is 3.90. The highest BCUT2D eigenvalue weighted by Gasteiger charge is 2.09. The highest BCUT2D eigenvalue weighted by molar-refractivity contribution is 7.99. The molecule has 0 spiro atoms. The van der Waals surface area contributed by atoms with Crippen LogP contribution in [0, 0.1) is 6.92 Å². The van der Waals surface area contributed by atoms with Crippen molar-refractivity contribution in [3.8, 4) is 5.75 Å². The van der Waals surface area contributed by atoms with Crippen LogP contribution in [0.4, 0.5) is 0 Å². The first-order valence-corrected chi connectivity index (χ1v) is 10.4. The third-order valence-corrected chi connectivity index (χ3v) is 5.57. The summed E-state index contributed by atoms with van der Waals surface area (Å²) < 4.78 is 5.63. The molecule has 0 aliphatic heterocycles. The van der Waals surface area contributed by atoms with E-state index in [2.05, 4.69) is 42.3 Å². The Hall–Kier alpha value is -2.40. The summed E-state index contributed by atoms with van der Waals surface area (Å²) >= 11 is 1.77. The second-order valence-corrected chi connectivity index (χ2v) is 7.56. The number of benzene rings is 2. The van der Waals surface area contributed by atoms with E-state index in [4.69, 9.17) is 4.74 Å². The zero-order chi connectivity index (χ0) is 19.1. The minimum Gasteiger partial charge on any atom is -0.494 e. The first-order chi connectivity index (χ1) is 13.2. The molecule has 5 heteroatoms. The predicted molar refractivity (Wildman–Crippen MR) is 113 cm³/mol. The van der Waals surface area contributed by atoms with Crippen LogP contribution in [0.5, 0.6) is 5.75 Å². The van der Waals surface area contributed by atoms with E-state index in [9.17, 15) is 4.79 Å². The highest BCUT2D eigenvalue weighted by atomic mass is 32.2. The van der Waals surface area contributed by atoms with Crippen molar-refractivity contribution in [2.75, 3.05) is 18.9 Å². The topological polar surface area (TPSA) is 54.1 Å². The number of carbonyl (C=O) groups is 1. The van der Waals surface area contributed by atoms with Gasteiger partial charge in [-0.15, -0.1) is 11.8 Å². The molecule has 0 atom stereocenters. The van der Waals surface area contributed by atoms with Gasteiger partial charge in [0, 0.05) is 39.4 Å². The van der Waals surface area contributed by atoms with Crippen molar-refractivity contribution in [2.45, 2.75) is 31.6 Å². The Labute approximate surface area is 164 Å². The second kappa shape index (κ2) is 9.51. The molecule has 2 aromatic carbocycles.